The van der Waals surface area contributed by atoms with E-state index < -0.39 is 29.6 Å². The predicted octanol–water partition coefficient (Wildman–Crippen LogP) is 6.71. The molecule has 4 rings (SSSR count). The number of Topliss-reactive ketones (excluding diaryl/α,β-unsaturated/α-hetero) is 2. The summed E-state index contributed by atoms with van der Waals surface area (Å²) in [4.78, 5) is 48.1. The van der Waals surface area contributed by atoms with Crippen molar-refractivity contribution in [3.8, 4) is 23.0 Å². The van der Waals surface area contributed by atoms with E-state index in [9.17, 15) is 19.2 Å². The number of hydrogen-bond donors (Lipinski definition) is 2. The second-order valence-corrected chi connectivity index (χ2v) is 12.3. The molecule has 0 fully saturated rings. The van der Waals surface area contributed by atoms with Gasteiger partial charge in [-0.05, 0) is 23.6 Å². The molecule has 44 heavy (non-hydrogen) atoms. The van der Waals surface area contributed by atoms with Crippen molar-refractivity contribution >= 4 is 66.4 Å². The lowest BCUT2D eigenvalue weighted by Gasteiger charge is -2.13. The maximum absolute atomic E-state index is 15.5. The topological polar surface area (TPSA) is 146 Å². The molecule has 0 spiro atoms. The van der Waals surface area contributed by atoms with Crippen molar-refractivity contribution in [1.82, 2.24) is 0 Å². The van der Waals surface area contributed by atoms with Crippen LogP contribution in [0.4, 0.5) is 4.39 Å². The van der Waals surface area contributed by atoms with Crippen molar-refractivity contribution in [2.75, 3.05) is 27.4 Å². The Labute approximate surface area is 259 Å². The fourth-order valence-electron chi connectivity index (χ4n) is 4.33. The van der Waals surface area contributed by atoms with Crippen molar-refractivity contribution in [2.24, 2.45) is 11.8 Å². The highest BCUT2D eigenvalue weighted by Gasteiger charge is 2.23. The van der Waals surface area contributed by atoms with Crippen LogP contribution in [-0.2, 0) is 9.59 Å². The normalized spacial score (nSPS) is 12.6. The first-order valence-corrected chi connectivity index (χ1v) is 15.3. The molecule has 2 N–H and O–H groups in total. The summed E-state index contributed by atoms with van der Waals surface area (Å²) >= 11 is 2.31. The summed E-state index contributed by atoms with van der Waals surface area (Å²) < 4.78 is 39.1. The maximum Gasteiger partial charge on any atom is 0.306 e. The second-order valence-electron chi connectivity index (χ2n) is 10.2. The summed E-state index contributed by atoms with van der Waals surface area (Å²) in [5.41, 5.74) is 0. The quantitative estimate of drug-likeness (QED) is 0.0995. The van der Waals surface area contributed by atoms with E-state index in [1.54, 1.807) is 24.3 Å². The Morgan fingerprint density at radius 3 is 1.89 bits per heavy atom. The van der Waals surface area contributed by atoms with E-state index in [4.69, 9.17) is 29.2 Å². The average Bonchev–Trinajstić information content (AvgIpc) is 3.61. The highest BCUT2D eigenvalue weighted by Crippen LogP contribution is 2.41. The van der Waals surface area contributed by atoms with Gasteiger partial charge in [0.2, 0.25) is 0 Å². The lowest BCUT2D eigenvalue weighted by atomic mass is 10.0. The zero-order chi connectivity index (χ0) is 32.1. The number of hydrogen-bond acceptors (Lipinski definition) is 10. The molecule has 2 aromatic carbocycles. The molecule has 10 nitrogen and oxygen atoms in total. The lowest BCUT2D eigenvalue weighted by molar-refractivity contribution is -0.141. The summed E-state index contributed by atoms with van der Waals surface area (Å²) in [7, 11) is 2.87. The van der Waals surface area contributed by atoms with Gasteiger partial charge in [0.15, 0.2) is 40.4 Å². The highest BCUT2D eigenvalue weighted by atomic mass is 32.1. The van der Waals surface area contributed by atoms with Crippen molar-refractivity contribution in [2.45, 2.75) is 33.1 Å². The van der Waals surface area contributed by atoms with Crippen LogP contribution in [-0.4, -0.2) is 61.2 Å². The largest absolute Gasteiger partial charge is 0.493 e. The lowest BCUT2D eigenvalue weighted by Crippen LogP contribution is -2.13. The fraction of sp³-hybridized carbons (Fsp3) is 0.355. The van der Waals surface area contributed by atoms with Crippen LogP contribution >= 0.6 is 22.7 Å². The van der Waals surface area contributed by atoms with E-state index in [0.29, 0.717) is 27.5 Å². The van der Waals surface area contributed by atoms with E-state index in [1.165, 1.54) is 45.5 Å². The molecule has 0 aliphatic heterocycles. The number of thiophene rings is 2. The van der Waals surface area contributed by atoms with E-state index >= 15 is 4.39 Å². The monoisotopic (exact) mass is 646 g/mol. The standard InChI is InChI=1S/C31H31FO10S2/c1-15(30(35)36)8-19(33)26-11-17-10-22(21(39-3)13-24(17)43-26)41-6-5-7-42-29-23(40-4)14-25-18(28(29)32)12-27(44-25)20(34)9-16(2)31(37)38/h10-16H,5-9H2,1-4H3,(H,35,36)(H,37,38)/t15-,16-/m0/s1. The van der Waals surface area contributed by atoms with E-state index in [1.807, 2.05) is 0 Å². The third kappa shape index (κ3) is 7.28. The number of carbonyl (C=O) groups excluding carboxylic acids is 2. The molecule has 0 saturated heterocycles. The van der Waals surface area contributed by atoms with Crippen LogP contribution in [0.5, 0.6) is 23.0 Å². The number of aliphatic carboxylic acids is 2. The molecule has 0 saturated carbocycles. The van der Waals surface area contributed by atoms with Crippen LogP contribution in [0.1, 0.15) is 52.5 Å². The third-order valence-electron chi connectivity index (χ3n) is 6.87. The molecule has 234 valence electrons. The van der Waals surface area contributed by atoms with Gasteiger partial charge >= 0.3 is 11.9 Å². The van der Waals surface area contributed by atoms with Gasteiger partial charge in [0.05, 0.1) is 49.0 Å². The zero-order valence-electron chi connectivity index (χ0n) is 24.4. The van der Waals surface area contributed by atoms with Gasteiger partial charge in [-0.25, -0.2) is 4.39 Å². The summed E-state index contributed by atoms with van der Waals surface area (Å²) in [6.07, 6.45) is 0.0706. The molecule has 2 aromatic heterocycles. The van der Waals surface area contributed by atoms with Gasteiger partial charge in [-0.1, -0.05) is 13.8 Å². The minimum absolute atomic E-state index is 0.0776. The number of methoxy groups -OCH3 is 2. The fourth-order valence-corrected chi connectivity index (χ4v) is 6.38. The van der Waals surface area contributed by atoms with Gasteiger partial charge in [-0.15, -0.1) is 22.7 Å². The molecule has 0 radical (unpaired) electrons. The minimum atomic E-state index is -1.08. The number of carboxylic acids is 2. The number of halogens is 1. The number of rotatable bonds is 16. The first-order valence-electron chi connectivity index (χ1n) is 13.6. The Hall–Kier alpha value is -4.23. The average molecular weight is 647 g/mol. The van der Waals surface area contributed by atoms with Crippen molar-refractivity contribution in [3.63, 3.8) is 0 Å². The number of fused-ring (bicyclic) bond motifs is 2. The van der Waals surface area contributed by atoms with Crippen molar-refractivity contribution in [3.05, 3.63) is 45.9 Å². The minimum Gasteiger partial charge on any atom is -0.493 e. The molecule has 2 atom stereocenters. The SMILES string of the molecule is COc1cc2sc(C(=O)C[C@H](C)C(=O)O)cc2cc1OCCCOc1c(OC)cc2sc(C(=O)C[C@H](C)C(=O)O)cc2c1F. The Kier molecular flexibility index (Phi) is 10.4. The number of benzene rings is 2. The Bertz CT molecular complexity index is 1720. The molecule has 0 unspecified atom stereocenters. The Balaban J connectivity index is 1.41. The molecule has 0 bridgehead atoms. The van der Waals surface area contributed by atoms with Gasteiger partial charge in [0.25, 0.3) is 0 Å². The Morgan fingerprint density at radius 2 is 1.30 bits per heavy atom. The van der Waals surface area contributed by atoms with Gasteiger partial charge in [0, 0.05) is 46.2 Å². The van der Waals surface area contributed by atoms with Crippen LogP contribution < -0.4 is 18.9 Å². The maximum atomic E-state index is 15.5. The molecule has 2 heterocycles. The van der Waals surface area contributed by atoms with Gasteiger partial charge in [0.1, 0.15) is 0 Å². The summed E-state index contributed by atoms with van der Waals surface area (Å²) in [6, 6.07) is 8.18. The molecule has 13 heteroatoms. The van der Waals surface area contributed by atoms with Crippen LogP contribution in [0.25, 0.3) is 20.2 Å². The van der Waals surface area contributed by atoms with Crippen molar-refractivity contribution in [1.29, 1.82) is 0 Å². The van der Waals surface area contributed by atoms with Gasteiger partial charge < -0.3 is 29.2 Å². The summed E-state index contributed by atoms with van der Waals surface area (Å²) in [5, 5.41) is 19.1. The number of ether oxygens (including phenoxy) is 4. The summed E-state index contributed by atoms with van der Waals surface area (Å²) in [6.45, 7) is 3.20. The molecule has 0 aliphatic rings. The zero-order valence-corrected chi connectivity index (χ0v) is 26.1. The molecule has 4 aromatic rings. The molecular formula is C31H31FO10S2. The first-order chi connectivity index (χ1) is 20.9. The van der Waals surface area contributed by atoms with Gasteiger partial charge in [-0.2, -0.15) is 0 Å². The number of ketones is 2. The van der Waals surface area contributed by atoms with E-state index in [2.05, 4.69) is 0 Å². The summed E-state index contributed by atoms with van der Waals surface area (Å²) in [5.74, 6) is -4.14. The Morgan fingerprint density at radius 1 is 0.750 bits per heavy atom. The second kappa shape index (κ2) is 14.0. The number of carbonyl (C=O) groups is 4. The predicted molar refractivity (Wildman–Crippen MR) is 164 cm³/mol. The van der Waals surface area contributed by atoms with Gasteiger partial charge in [-0.3, -0.25) is 19.2 Å². The first kappa shape index (κ1) is 32.7. The number of carboxylic acid groups (broad SMARTS) is 2. The smallest absolute Gasteiger partial charge is 0.306 e. The van der Waals surface area contributed by atoms with E-state index in [-0.39, 0.29) is 59.4 Å². The van der Waals surface area contributed by atoms with Crippen molar-refractivity contribution < 1.29 is 52.7 Å². The van der Waals surface area contributed by atoms with Crippen LogP contribution in [0.2, 0.25) is 0 Å². The molecule has 0 amide bonds. The third-order valence-corrected chi connectivity index (χ3v) is 9.14. The van der Waals surface area contributed by atoms with E-state index in [0.717, 1.165) is 21.4 Å². The van der Waals surface area contributed by atoms with Crippen LogP contribution in [0.15, 0.2) is 30.3 Å². The molecule has 0 aliphatic carbocycles. The van der Waals surface area contributed by atoms with Crippen LogP contribution in [0, 0.1) is 17.7 Å². The molecular weight excluding hydrogens is 615 g/mol. The van der Waals surface area contributed by atoms with Crippen LogP contribution in [0.3, 0.4) is 0 Å². The highest BCUT2D eigenvalue weighted by molar-refractivity contribution is 7.21.